The Morgan fingerprint density at radius 2 is 2.04 bits per heavy atom. The van der Waals surface area contributed by atoms with Gasteiger partial charge in [-0.05, 0) is 30.3 Å². The van der Waals surface area contributed by atoms with E-state index >= 15 is 0 Å². The fourth-order valence-corrected chi connectivity index (χ4v) is 3.09. The fourth-order valence-electron chi connectivity index (χ4n) is 2.93. The molecule has 0 aliphatic heterocycles. The lowest BCUT2D eigenvalue weighted by Crippen LogP contribution is -2.11. The van der Waals surface area contributed by atoms with E-state index in [0.29, 0.717) is 35.1 Å². The fraction of sp³-hybridized carbons (Fsp3) is 0.158. The minimum absolute atomic E-state index is 0.418. The van der Waals surface area contributed by atoms with Crippen LogP contribution >= 0.6 is 11.6 Å². The van der Waals surface area contributed by atoms with E-state index in [4.69, 9.17) is 20.8 Å². The molecular formula is C19H15ClN2O3. The smallest absolute Gasteiger partial charge is 0.347 e. The summed E-state index contributed by atoms with van der Waals surface area (Å²) in [4.78, 5) is 17.2. The lowest BCUT2D eigenvalue weighted by Gasteiger charge is -2.08. The van der Waals surface area contributed by atoms with Gasteiger partial charge in [0, 0.05) is 24.1 Å². The summed E-state index contributed by atoms with van der Waals surface area (Å²) in [5, 5.41) is 1.46. The Morgan fingerprint density at radius 3 is 2.88 bits per heavy atom. The molecule has 0 radical (unpaired) electrons. The first kappa shape index (κ1) is 15.9. The third kappa shape index (κ3) is 2.81. The number of aromatic nitrogens is 2. The van der Waals surface area contributed by atoms with Crippen LogP contribution in [0.3, 0.4) is 0 Å². The molecule has 0 spiro atoms. The molecule has 2 heterocycles. The minimum Gasteiger partial charge on any atom is -0.422 e. The zero-order valence-corrected chi connectivity index (χ0v) is 14.3. The molecule has 0 bridgehead atoms. The van der Waals surface area contributed by atoms with Crippen LogP contribution in [0.15, 0.2) is 57.7 Å². The van der Waals surface area contributed by atoms with Crippen molar-refractivity contribution in [3.05, 3.63) is 64.0 Å². The van der Waals surface area contributed by atoms with Gasteiger partial charge in [-0.2, -0.15) is 0 Å². The summed E-state index contributed by atoms with van der Waals surface area (Å²) in [6.45, 7) is 1.04. The predicted octanol–water partition coefficient (Wildman–Crippen LogP) is 4.11. The van der Waals surface area contributed by atoms with Crippen LogP contribution in [0.5, 0.6) is 0 Å². The van der Waals surface area contributed by atoms with Crippen LogP contribution in [0.1, 0.15) is 0 Å². The standard InChI is InChI=1S/C19H15ClN2O3/c1-24-9-8-22-16-11-13(20)6-7-15(16)21-18(22)14-10-12-4-2-3-5-17(12)25-19(14)23/h2-7,10-11H,8-9H2,1H3. The molecule has 4 rings (SSSR count). The topological polar surface area (TPSA) is 57.3 Å². The van der Waals surface area contributed by atoms with Crippen LogP contribution in [0.25, 0.3) is 33.4 Å². The highest BCUT2D eigenvalue weighted by atomic mass is 35.5. The largest absolute Gasteiger partial charge is 0.422 e. The monoisotopic (exact) mass is 354 g/mol. The molecule has 0 aliphatic carbocycles. The van der Waals surface area contributed by atoms with Crippen molar-refractivity contribution >= 4 is 33.6 Å². The number of rotatable bonds is 4. The maximum absolute atomic E-state index is 12.5. The zero-order chi connectivity index (χ0) is 17.4. The second kappa shape index (κ2) is 6.35. The molecule has 0 saturated carbocycles. The molecule has 126 valence electrons. The number of ether oxygens (including phenoxy) is 1. The van der Waals surface area contributed by atoms with Crippen molar-refractivity contribution in [2.75, 3.05) is 13.7 Å². The highest BCUT2D eigenvalue weighted by Crippen LogP contribution is 2.27. The highest BCUT2D eigenvalue weighted by molar-refractivity contribution is 6.31. The second-order valence-electron chi connectivity index (χ2n) is 5.70. The van der Waals surface area contributed by atoms with Crippen molar-refractivity contribution in [2.45, 2.75) is 6.54 Å². The van der Waals surface area contributed by atoms with E-state index in [1.54, 1.807) is 19.2 Å². The Labute approximate surface area is 148 Å². The summed E-state index contributed by atoms with van der Waals surface area (Å²) >= 11 is 6.14. The Balaban J connectivity index is 1.99. The van der Waals surface area contributed by atoms with E-state index in [1.165, 1.54) is 0 Å². The van der Waals surface area contributed by atoms with Crippen molar-refractivity contribution in [1.82, 2.24) is 9.55 Å². The molecule has 2 aromatic heterocycles. The molecule has 0 unspecified atom stereocenters. The number of benzene rings is 2. The number of para-hydroxylation sites is 1. The van der Waals surface area contributed by atoms with Crippen LogP contribution in [-0.4, -0.2) is 23.3 Å². The van der Waals surface area contributed by atoms with Crippen LogP contribution in [-0.2, 0) is 11.3 Å². The van der Waals surface area contributed by atoms with Gasteiger partial charge in [0.15, 0.2) is 0 Å². The van der Waals surface area contributed by atoms with Crippen LogP contribution < -0.4 is 5.63 Å². The lowest BCUT2D eigenvalue weighted by atomic mass is 10.2. The maximum atomic E-state index is 12.5. The summed E-state index contributed by atoms with van der Waals surface area (Å²) in [6, 6.07) is 14.7. The summed E-state index contributed by atoms with van der Waals surface area (Å²) in [6.07, 6.45) is 0. The molecule has 25 heavy (non-hydrogen) atoms. The van der Waals surface area contributed by atoms with Gasteiger partial charge in [0.2, 0.25) is 0 Å². The van der Waals surface area contributed by atoms with Gasteiger partial charge in [-0.15, -0.1) is 0 Å². The van der Waals surface area contributed by atoms with Crippen molar-refractivity contribution in [2.24, 2.45) is 0 Å². The molecule has 0 N–H and O–H groups in total. The molecule has 4 aromatic rings. The summed E-state index contributed by atoms with van der Waals surface area (Å²) < 4.78 is 12.6. The first-order chi connectivity index (χ1) is 12.2. The number of hydrogen-bond acceptors (Lipinski definition) is 4. The third-order valence-corrected chi connectivity index (χ3v) is 4.35. The van der Waals surface area contributed by atoms with E-state index < -0.39 is 5.63 Å². The normalized spacial score (nSPS) is 11.4. The number of nitrogens with zero attached hydrogens (tertiary/aromatic N) is 2. The molecule has 0 aliphatic rings. The van der Waals surface area contributed by atoms with E-state index in [-0.39, 0.29) is 0 Å². The minimum atomic E-state index is -0.418. The third-order valence-electron chi connectivity index (χ3n) is 4.11. The number of imidazole rings is 1. The summed E-state index contributed by atoms with van der Waals surface area (Å²) in [7, 11) is 1.64. The highest BCUT2D eigenvalue weighted by Gasteiger charge is 2.17. The SMILES string of the molecule is COCCn1c(-c2cc3ccccc3oc2=O)nc2ccc(Cl)cc21. The van der Waals surface area contributed by atoms with Crippen molar-refractivity contribution in [1.29, 1.82) is 0 Å². The maximum Gasteiger partial charge on any atom is 0.347 e. The van der Waals surface area contributed by atoms with Gasteiger partial charge in [-0.1, -0.05) is 29.8 Å². The van der Waals surface area contributed by atoms with E-state index in [9.17, 15) is 4.79 Å². The van der Waals surface area contributed by atoms with Gasteiger partial charge in [0.05, 0.1) is 17.6 Å². The van der Waals surface area contributed by atoms with Gasteiger partial charge in [-0.3, -0.25) is 0 Å². The van der Waals surface area contributed by atoms with Gasteiger partial charge in [0.25, 0.3) is 0 Å². The van der Waals surface area contributed by atoms with E-state index in [0.717, 1.165) is 16.4 Å². The molecule has 0 saturated heterocycles. The molecule has 6 heteroatoms. The van der Waals surface area contributed by atoms with Crippen LogP contribution in [0.2, 0.25) is 5.02 Å². The van der Waals surface area contributed by atoms with Crippen molar-refractivity contribution in [3.8, 4) is 11.4 Å². The van der Waals surface area contributed by atoms with Crippen molar-refractivity contribution < 1.29 is 9.15 Å². The van der Waals surface area contributed by atoms with Crippen LogP contribution in [0, 0.1) is 0 Å². The van der Waals surface area contributed by atoms with Gasteiger partial charge < -0.3 is 13.7 Å². The quantitative estimate of drug-likeness (QED) is 0.517. The molecule has 0 amide bonds. The van der Waals surface area contributed by atoms with Gasteiger partial charge >= 0.3 is 5.63 Å². The summed E-state index contributed by atoms with van der Waals surface area (Å²) in [5.74, 6) is 0.550. The molecule has 0 atom stereocenters. The van der Waals surface area contributed by atoms with Gasteiger partial charge in [0.1, 0.15) is 17.0 Å². The van der Waals surface area contributed by atoms with E-state index in [1.807, 2.05) is 41.0 Å². The predicted molar refractivity (Wildman–Crippen MR) is 98.1 cm³/mol. The first-order valence-electron chi connectivity index (χ1n) is 7.85. The van der Waals surface area contributed by atoms with Crippen molar-refractivity contribution in [3.63, 3.8) is 0 Å². The summed E-state index contributed by atoms with van der Waals surface area (Å²) in [5.41, 5.74) is 2.18. The molecule has 5 nitrogen and oxygen atoms in total. The Hall–Kier alpha value is -2.63. The zero-order valence-electron chi connectivity index (χ0n) is 13.5. The number of halogens is 1. The van der Waals surface area contributed by atoms with Crippen LogP contribution in [0.4, 0.5) is 0 Å². The lowest BCUT2D eigenvalue weighted by molar-refractivity contribution is 0.188. The Kier molecular flexibility index (Phi) is 4.03. The first-order valence-corrected chi connectivity index (χ1v) is 8.23. The Bertz CT molecular complexity index is 1130. The number of hydrogen-bond donors (Lipinski definition) is 0. The number of fused-ring (bicyclic) bond motifs is 2. The van der Waals surface area contributed by atoms with E-state index in [2.05, 4.69) is 4.98 Å². The van der Waals surface area contributed by atoms with Gasteiger partial charge in [-0.25, -0.2) is 9.78 Å². The number of methoxy groups -OCH3 is 1. The molecular weight excluding hydrogens is 340 g/mol. The Morgan fingerprint density at radius 1 is 1.20 bits per heavy atom. The molecule has 0 fully saturated rings. The average Bonchev–Trinajstić information content (AvgIpc) is 2.96. The average molecular weight is 355 g/mol. The molecule has 2 aromatic carbocycles. The second-order valence-corrected chi connectivity index (χ2v) is 6.13.